The number of amides is 1. The first-order valence-electron chi connectivity index (χ1n) is 7.69. The van der Waals surface area contributed by atoms with Crippen molar-refractivity contribution >= 4 is 5.91 Å². The van der Waals surface area contributed by atoms with Gasteiger partial charge in [-0.15, -0.1) is 0 Å². The fraction of sp³-hybridized carbons (Fsp3) is 0.933. The molecule has 1 saturated heterocycles. The number of carbonyl (C=O) groups is 1. The van der Waals surface area contributed by atoms with E-state index >= 15 is 0 Å². The molecule has 1 aliphatic heterocycles. The van der Waals surface area contributed by atoms with Crippen molar-refractivity contribution < 1.29 is 4.79 Å². The highest BCUT2D eigenvalue weighted by Gasteiger charge is 2.32. The van der Waals surface area contributed by atoms with Gasteiger partial charge in [0.25, 0.3) is 0 Å². The molecule has 0 spiro atoms. The molecule has 2 rings (SSSR count). The number of likely N-dealkylation sites (N-methyl/N-ethyl adjacent to an activating group) is 1. The topological polar surface area (TPSA) is 41.1 Å². The van der Waals surface area contributed by atoms with Gasteiger partial charge in [0.1, 0.15) is 0 Å². The number of hydrogen-bond donors (Lipinski definition) is 2. The fourth-order valence-electron chi connectivity index (χ4n) is 3.82. The second kappa shape index (κ2) is 6.55. The summed E-state index contributed by atoms with van der Waals surface area (Å²) in [6, 6.07) is 0.0534. The van der Waals surface area contributed by atoms with Crippen LogP contribution < -0.4 is 10.6 Å². The van der Waals surface area contributed by atoms with Crippen molar-refractivity contribution in [2.24, 2.45) is 17.8 Å². The molecule has 2 fully saturated rings. The Morgan fingerprint density at radius 2 is 1.89 bits per heavy atom. The van der Waals surface area contributed by atoms with Gasteiger partial charge < -0.3 is 10.6 Å². The number of piperidine rings is 1. The van der Waals surface area contributed by atoms with E-state index in [0.717, 1.165) is 30.7 Å². The molecule has 2 N–H and O–H groups in total. The summed E-state index contributed by atoms with van der Waals surface area (Å²) in [6.07, 6.45) is 9.26. The van der Waals surface area contributed by atoms with Crippen LogP contribution in [-0.4, -0.2) is 25.5 Å². The molecule has 3 heteroatoms. The smallest absolute Gasteiger partial charge is 0.236 e. The summed E-state index contributed by atoms with van der Waals surface area (Å²) in [5.74, 6) is 2.79. The maximum atomic E-state index is 11.7. The molecule has 2 atom stereocenters. The van der Waals surface area contributed by atoms with Crippen molar-refractivity contribution in [3.8, 4) is 0 Å². The van der Waals surface area contributed by atoms with Crippen LogP contribution in [0.5, 0.6) is 0 Å². The van der Waals surface area contributed by atoms with Crippen LogP contribution in [-0.2, 0) is 4.79 Å². The van der Waals surface area contributed by atoms with E-state index < -0.39 is 0 Å². The van der Waals surface area contributed by atoms with Crippen LogP contribution in [0.4, 0.5) is 0 Å². The summed E-state index contributed by atoms with van der Waals surface area (Å²) in [5, 5.41) is 6.12. The fourth-order valence-corrected chi connectivity index (χ4v) is 3.82. The van der Waals surface area contributed by atoms with Gasteiger partial charge in [-0.1, -0.05) is 26.2 Å². The molecule has 1 amide bonds. The molecule has 2 aliphatic rings. The highest BCUT2D eigenvalue weighted by Crippen LogP contribution is 2.38. The largest absolute Gasteiger partial charge is 0.358 e. The molecule has 2 unspecified atom stereocenters. The molecular formula is C15H28N2O. The SMILES string of the molecule is CCC1CCC(C2CCNC(C(=O)NC)C2)CC1. The lowest BCUT2D eigenvalue weighted by Gasteiger charge is -2.38. The zero-order chi connectivity index (χ0) is 13.0. The van der Waals surface area contributed by atoms with Gasteiger partial charge in [-0.05, 0) is 50.0 Å². The molecular weight excluding hydrogens is 224 g/mol. The molecule has 18 heavy (non-hydrogen) atoms. The molecule has 3 nitrogen and oxygen atoms in total. The highest BCUT2D eigenvalue weighted by atomic mass is 16.2. The quantitative estimate of drug-likeness (QED) is 0.809. The van der Waals surface area contributed by atoms with E-state index in [9.17, 15) is 4.79 Å². The van der Waals surface area contributed by atoms with Gasteiger partial charge in [0.15, 0.2) is 0 Å². The van der Waals surface area contributed by atoms with Crippen molar-refractivity contribution in [3.05, 3.63) is 0 Å². The maximum absolute atomic E-state index is 11.7. The normalized spacial score (nSPS) is 37.2. The third-order valence-corrected chi connectivity index (χ3v) is 5.14. The van der Waals surface area contributed by atoms with Crippen LogP contribution in [0.2, 0.25) is 0 Å². The molecule has 1 saturated carbocycles. The van der Waals surface area contributed by atoms with E-state index in [1.807, 2.05) is 0 Å². The summed E-state index contributed by atoms with van der Waals surface area (Å²) >= 11 is 0. The van der Waals surface area contributed by atoms with Crippen molar-refractivity contribution in [1.29, 1.82) is 0 Å². The van der Waals surface area contributed by atoms with E-state index in [-0.39, 0.29) is 11.9 Å². The monoisotopic (exact) mass is 252 g/mol. The van der Waals surface area contributed by atoms with Crippen molar-refractivity contribution in [3.63, 3.8) is 0 Å². The second-order valence-corrected chi connectivity index (χ2v) is 6.09. The Balaban J connectivity index is 1.84. The summed E-state index contributed by atoms with van der Waals surface area (Å²) in [7, 11) is 1.74. The third-order valence-electron chi connectivity index (χ3n) is 5.14. The zero-order valence-electron chi connectivity index (χ0n) is 11.9. The molecule has 104 valence electrons. The Morgan fingerprint density at radius 3 is 2.50 bits per heavy atom. The first-order chi connectivity index (χ1) is 8.74. The average molecular weight is 252 g/mol. The second-order valence-electron chi connectivity index (χ2n) is 6.09. The summed E-state index contributed by atoms with van der Waals surface area (Å²) in [5.41, 5.74) is 0. The van der Waals surface area contributed by atoms with Gasteiger partial charge in [0, 0.05) is 7.05 Å². The standard InChI is InChI=1S/C15H28N2O/c1-3-11-4-6-12(7-5-11)13-8-9-17-14(10-13)15(18)16-2/h11-14,17H,3-10H2,1-2H3,(H,16,18). The first kappa shape index (κ1) is 13.9. The lowest BCUT2D eigenvalue weighted by Crippen LogP contribution is -2.49. The van der Waals surface area contributed by atoms with Gasteiger partial charge >= 0.3 is 0 Å². The number of rotatable bonds is 3. The number of hydrogen-bond acceptors (Lipinski definition) is 2. The van der Waals surface area contributed by atoms with Gasteiger partial charge in [-0.25, -0.2) is 0 Å². The zero-order valence-corrected chi connectivity index (χ0v) is 11.9. The molecule has 0 aromatic heterocycles. The van der Waals surface area contributed by atoms with Crippen molar-refractivity contribution in [1.82, 2.24) is 10.6 Å². The number of carbonyl (C=O) groups excluding carboxylic acids is 1. The van der Waals surface area contributed by atoms with Gasteiger partial charge in [-0.3, -0.25) is 4.79 Å². The average Bonchev–Trinajstić information content (AvgIpc) is 2.46. The van der Waals surface area contributed by atoms with E-state index in [4.69, 9.17) is 0 Å². The maximum Gasteiger partial charge on any atom is 0.236 e. The first-order valence-corrected chi connectivity index (χ1v) is 7.69. The Labute approximate surface area is 111 Å². The Bertz CT molecular complexity index is 272. The van der Waals surface area contributed by atoms with E-state index in [0.29, 0.717) is 0 Å². The predicted octanol–water partition coefficient (Wildman–Crippen LogP) is 2.32. The molecule has 1 aliphatic carbocycles. The van der Waals surface area contributed by atoms with Crippen LogP contribution in [0, 0.1) is 17.8 Å². The lowest BCUT2D eigenvalue weighted by molar-refractivity contribution is -0.123. The number of nitrogens with one attached hydrogen (secondary N) is 2. The van der Waals surface area contributed by atoms with E-state index in [1.54, 1.807) is 7.05 Å². The highest BCUT2D eigenvalue weighted by molar-refractivity contribution is 5.81. The van der Waals surface area contributed by atoms with Gasteiger partial charge in [-0.2, -0.15) is 0 Å². The molecule has 0 radical (unpaired) electrons. The van der Waals surface area contributed by atoms with Crippen LogP contribution in [0.1, 0.15) is 51.9 Å². The van der Waals surface area contributed by atoms with E-state index in [1.165, 1.54) is 38.5 Å². The van der Waals surface area contributed by atoms with Gasteiger partial charge in [0.2, 0.25) is 5.91 Å². The molecule has 0 aromatic rings. The third kappa shape index (κ3) is 3.25. The molecule has 0 aromatic carbocycles. The van der Waals surface area contributed by atoms with Crippen LogP contribution in [0.3, 0.4) is 0 Å². The summed E-state index contributed by atoms with van der Waals surface area (Å²) in [6.45, 7) is 3.33. The van der Waals surface area contributed by atoms with Crippen molar-refractivity contribution in [2.75, 3.05) is 13.6 Å². The minimum atomic E-state index is 0.0534. The van der Waals surface area contributed by atoms with Crippen molar-refractivity contribution in [2.45, 2.75) is 57.9 Å². The minimum Gasteiger partial charge on any atom is -0.358 e. The van der Waals surface area contributed by atoms with E-state index in [2.05, 4.69) is 17.6 Å². The lowest BCUT2D eigenvalue weighted by atomic mass is 9.71. The van der Waals surface area contributed by atoms with Crippen LogP contribution in [0.25, 0.3) is 0 Å². The Kier molecular flexibility index (Phi) is 5.04. The van der Waals surface area contributed by atoms with Crippen LogP contribution in [0.15, 0.2) is 0 Å². The molecule has 0 bridgehead atoms. The Morgan fingerprint density at radius 1 is 1.17 bits per heavy atom. The van der Waals surface area contributed by atoms with Gasteiger partial charge in [0.05, 0.1) is 6.04 Å². The predicted molar refractivity (Wildman–Crippen MR) is 74.3 cm³/mol. The summed E-state index contributed by atoms with van der Waals surface area (Å²) < 4.78 is 0. The summed E-state index contributed by atoms with van der Waals surface area (Å²) in [4.78, 5) is 11.7. The minimum absolute atomic E-state index is 0.0534. The van der Waals surface area contributed by atoms with Crippen LogP contribution >= 0.6 is 0 Å². The molecule has 1 heterocycles. The Hall–Kier alpha value is -0.570.